The van der Waals surface area contributed by atoms with Gasteiger partial charge in [0.05, 0.1) is 36.5 Å². The third-order valence-electron chi connectivity index (χ3n) is 9.71. The fourth-order valence-corrected chi connectivity index (χ4v) is 8.18. The Hall–Kier alpha value is -3.77. The number of amides is 1. The molecule has 1 aromatic carbocycles. The predicted molar refractivity (Wildman–Crippen MR) is 183 cm³/mol. The van der Waals surface area contributed by atoms with E-state index in [0.717, 1.165) is 81.0 Å². The first-order chi connectivity index (χ1) is 22.8. The molecule has 9 nitrogen and oxygen atoms in total. The third-order valence-corrected chi connectivity index (χ3v) is 10.9. The Morgan fingerprint density at radius 2 is 1.96 bits per heavy atom. The molecule has 47 heavy (non-hydrogen) atoms. The summed E-state index contributed by atoms with van der Waals surface area (Å²) in [5.74, 6) is 0.677. The molecule has 0 saturated carbocycles. The lowest BCUT2D eigenvalue weighted by atomic mass is 9.94. The van der Waals surface area contributed by atoms with Crippen molar-refractivity contribution in [2.24, 2.45) is 7.05 Å². The summed E-state index contributed by atoms with van der Waals surface area (Å²) in [6.45, 7) is 7.51. The van der Waals surface area contributed by atoms with Crippen LogP contribution in [0, 0.1) is 5.82 Å². The minimum absolute atomic E-state index is 0.184. The van der Waals surface area contributed by atoms with Gasteiger partial charge in [-0.2, -0.15) is 0 Å². The minimum Gasteiger partial charge on any atom is -0.392 e. The zero-order chi connectivity index (χ0) is 32.7. The van der Waals surface area contributed by atoms with Crippen LogP contribution in [0.5, 0.6) is 0 Å². The number of aryl methyl sites for hydroxylation is 1. The smallest absolute Gasteiger partial charge is 0.274 e. The van der Waals surface area contributed by atoms with E-state index in [2.05, 4.69) is 22.9 Å². The van der Waals surface area contributed by atoms with Crippen LogP contribution < -0.4 is 15.8 Å². The summed E-state index contributed by atoms with van der Waals surface area (Å²) in [5, 5.41) is 13.9. The zero-order valence-electron chi connectivity index (χ0n) is 26.7. The molecule has 6 heterocycles. The first-order valence-electron chi connectivity index (χ1n) is 16.4. The van der Waals surface area contributed by atoms with Crippen LogP contribution in [0.4, 0.5) is 21.6 Å². The van der Waals surface area contributed by atoms with Gasteiger partial charge in [-0.1, -0.05) is 24.6 Å². The topological polar surface area (TPSA) is 99.9 Å². The third kappa shape index (κ3) is 6.29. The highest BCUT2D eigenvalue weighted by Gasteiger charge is 2.32. The van der Waals surface area contributed by atoms with Crippen molar-refractivity contribution in [3.05, 3.63) is 92.2 Å². The molecule has 4 aliphatic rings. The van der Waals surface area contributed by atoms with Gasteiger partial charge in [0.15, 0.2) is 0 Å². The maximum absolute atomic E-state index is 15.4. The molecule has 11 heteroatoms. The summed E-state index contributed by atoms with van der Waals surface area (Å²) in [4.78, 5) is 36.8. The quantitative estimate of drug-likeness (QED) is 0.362. The molecule has 0 spiro atoms. The van der Waals surface area contributed by atoms with Gasteiger partial charge < -0.3 is 24.6 Å². The van der Waals surface area contributed by atoms with E-state index in [9.17, 15) is 14.7 Å². The van der Waals surface area contributed by atoms with E-state index >= 15 is 4.39 Å². The van der Waals surface area contributed by atoms with Crippen LogP contribution in [-0.2, 0) is 36.2 Å². The first-order valence-corrected chi connectivity index (χ1v) is 17.4. The molecule has 7 rings (SSSR count). The fourth-order valence-electron chi connectivity index (χ4n) is 6.98. The monoisotopic (exact) mass is 657 g/mol. The van der Waals surface area contributed by atoms with Crippen LogP contribution >= 0.6 is 11.8 Å². The largest absolute Gasteiger partial charge is 0.392 e. The number of carbonyl (C=O) groups excluding carboxylic acids is 1. The summed E-state index contributed by atoms with van der Waals surface area (Å²) >= 11 is 1.55. The van der Waals surface area contributed by atoms with Crippen LogP contribution in [0.2, 0.25) is 0 Å². The minimum atomic E-state index is -0.534. The Morgan fingerprint density at radius 3 is 2.74 bits per heavy atom. The van der Waals surface area contributed by atoms with Crippen molar-refractivity contribution in [1.82, 2.24) is 14.5 Å². The number of ether oxygens (including phenoxy) is 1. The van der Waals surface area contributed by atoms with Gasteiger partial charge in [-0.25, -0.2) is 9.37 Å². The molecule has 0 atom stereocenters. The van der Waals surface area contributed by atoms with Gasteiger partial charge in [-0.3, -0.25) is 14.5 Å². The van der Waals surface area contributed by atoms with Crippen LogP contribution in [0.3, 0.4) is 0 Å². The maximum atomic E-state index is 15.4. The molecular formula is C36H40FN5O4S. The second-order valence-electron chi connectivity index (χ2n) is 12.8. The molecule has 1 amide bonds. The summed E-state index contributed by atoms with van der Waals surface area (Å²) in [5.41, 5.74) is 5.91. The maximum Gasteiger partial charge on any atom is 0.274 e. The Kier molecular flexibility index (Phi) is 9.06. The summed E-state index contributed by atoms with van der Waals surface area (Å²) < 4.78 is 22.2. The number of anilines is 3. The number of nitrogens with one attached hydrogen (secondary N) is 1. The molecule has 2 N–H and O–H groups in total. The molecule has 4 aliphatic heterocycles. The number of carbonyl (C=O) groups is 1. The standard InChI is InChI=1S/C36H40FN5O4S/c1-22-6-4-3-5-13-47-34-27(22)9-12-42(36(34)45)32-16-25(37)15-28(29(32)19-43)24-14-31(35(44)40(2)17-24)39-33-8-7-23-18-41(26-20-46-21-26)11-10-30(23)38-33/h7-8,14-17,26,43H,1,3-6,9-13,18-21H2,2H3,(H,38,39). The van der Waals surface area contributed by atoms with E-state index in [4.69, 9.17) is 9.72 Å². The molecule has 1 fully saturated rings. The zero-order valence-corrected chi connectivity index (χ0v) is 27.5. The Balaban J connectivity index is 1.20. The second kappa shape index (κ2) is 13.4. The number of halogens is 1. The number of allylic oxidation sites excluding steroid dienone is 1. The van der Waals surface area contributed by atoms with Crippen LogP contribution in [0.25, 0.3) is 11.1 Å². The molecule has 0 radical (unpaired) electrons. The van der Waals surface area contributed by atoms with Gasteiger partial charge in [0.2, 0.25) is 0 Å². The van der Waals surface area contributed by atoms with E-state index in [1.807, 2.05) is 6.07 Å². The van der Waals surface area contributed by atoms with Crippen molar-refractivity contribution in [1.29, 1.82) is 0 Å². The Labute approximate surface area is 278 Å². The number of pyridine rings is 2. The molecule has 246 valence electrons. The number of aliphatic hydroxyl groups is 1. The van der Waals surface area contributed by atoms with Gasteiger partial charge in [-0.05, 0) is 72.4 Å². The molecule has 0 aliphatic carbocycles. The van der Waals surface area contributed by atoms with Gasteiger partial charge >= 0.3 is 0 Å². The number of benzene rings is 1. The average molecular weight is 658 g/mol. The molecule has 3 aromatic rings. The molecule has 0 unspecified atom stereocenters. The number of aromatic nitrogens is 2. The predicted octanol–water partition coefficient (Wildman–Crippen LogP) is 5.43. The normalized spacial score (nSPS) is 19.4. The molecule has 2 aromatic heterocycles. The molecular weight excluding hydrogens is 617 g/mol. The number of rotatable bonds is 6. The van der Waals surface area contributed by atoms with Crippen molar-refractivity contribution in [2.45, 2.75) is 57.7 Å². The fraction of sp³-hybridized carbons (Fsp3) is 0.417. The van der Waals surface area contributed by atoms with Crippen molar-refractivity contribution >= 4 is 34.9 Å². The lowest BCUT2D eigenvalue weighted by molar-refractivity contribution is -0.114. The summed E-state index contributed by atoms with van der Waals surface area (Å²) in [6, 6.07) is 8.73. The van der Waals surface area contributed by atoms with Gasteiger partial charge in [0.25, 0.3) is 11.5 Å². The highest BCUT2D eigenvalue weighted by molar-refractivity contribution is 8.04. The Bertz CT molecular complexity index is 1830. The van der Waals surface area contributed by atoms with Gasteiger partial charge in [-0.15, -0.1) is 11.8 Å². The lowest BCUT2D eigenvalue weighted by Crippen LogP contribution is -2.50. The van der Waals surface area contributed by atoms with E-state index < -0.39 is 12.4 Å². The van der Waals surface area contributed by atoms with Crippen LogP contribution in [0.15, 0.2) is 64.0 Å². The first kappa shape index (κ1) is 31.8. The number of nitrogens with zero attached hydrogens (tertiary/aromatic N) is 4. The van der Waals surface area contributed by atoms with E-state index in [1.165, 1.54) is 22.3 Å². The highest BCUT2D eigenvalue weighted by atomic mass is 32.2. The second-order valence-corrected chi connectivity index (χ2v) is 13.9. The van der Waals surface area contributed by atoms with E-state index in [1.54, 1.807) is 36.0 Å². The SMILES string of the molecule is C=C1CCCCCSC2=C1CCN(c1cc(F)cc(-c3cc(Nc4ccc5c(n4)CCN(C4COC4)C5)c(=O)n(C)c3)c1CO)C2=O. The molecule has 1 saturated heterocycles. The van der Waals surface area contributed by atoms with Crippen molar-refractivity contribution in [3.8, 4) is 11.1 Å². The number of thioether (sulfide) groups is 1. The summed E-state index contributed by atoms with van der Waals surface area (Å²) in [7, 11) is 1.64. The van der Waals surface area contributed by atoms with Crippen molar-refractivity contribution in [2.75, 3.05) is 42.3 Å². The number of hydrogen-bond donors (Lipinski definition) is 2. The highest BCUT2D eigenvalue weighted by Crippen LogP contribution is 2.40. The van der Waals surface area contributed by atoms with Gasteiger partial charge in [0.1, 0.15) is 17.3 Å². The van der Waals surface area contributed by atoms with Crippen LogP contribution in [-0.4, -0.2) is 63.6 Å². The number of fused-ring (bicyclic) bond motifs is 1. The van der Waals surface area contributed by atoms with Crippen LogP contribution in [0.1, 0.15) is 48.9 Å². The lowest BCUT2D eigenvalue weighted by Gasteiger charge is -2.39. The number of hydrogen-bond acceptors (Lipinski definition) is 8. The summed E-state index contributed by atoms with van der Waals surface area (Å²) in [6.07, 6.45) is 7.11. The van der Waals surface area contributed by atoms with Gasteiger partial charge in [0, 0.05) is 56.1 Å². The average Bonchev–Trinajstić information content (AvgIpc) is 3.13. The van der Waals surface area contributed by atoms with E-state index in [-0.39, 0.29) is 17.2 Å². The Morgan fingerprint density at radius 1 is 1.11 bits per heavy atom. The van der Waals surface area contributed by atoms with Crippen molar-refractivity contribution < 1.29 is 19.0 Å². The number of aliphatic hydroxyl groups excluding tert-OH is 1. The van der Waals surface area contributed by atoms with E-state index in [0.29, 0.717) is 52.1 Å². The van der Waals surface area contributed by atoms with Crippen molar-refractivity contribution in [3.63, 3.8) is 0 Å². The molecule has 0 bridgehead atoms.